The van der Waals surface area contributed by atoms with Crippen LogP contribution in [0.3, 0.4) is 0 Å². The normalized spacial score (nSPS) is 16.7. The zero-order valence-corrected chi connectivity index (χ0v) is 19.8. The molecule has 9 heteroatoms. The van der Waals surface area contributed by atoms with Crippen LogP contribution in [0.1, 0.15) is 25.5 Å². The summed E-state index contributed by atoms with van der Waals surface area (Å²) in [6.45, 7) is 5.76. The van der Waals surface area contributed by atoms with E-state index in [1.165, 1.54) is 18.5 Å². The Kier molecular flexibility index (Phi) is 5.88. The minimum Gasteiger partial charge on any atom is -0.383 e. The van der Waals surface area contributed by atoms with Crippen LogP contribution in [0, 0.1) is 23.4 Å². The van der Waals surface area contributed by atoms with Gasteiger partial charge in [0.25, 0.3) is 0 Å². The van der Waals surface area contributed by atoms with Crippen LogP contribution in [0.4, 0.5) is 24.7 Å². The van der Waals surface area contributed by atoms with Gasteiger partial charge in [0.05, 0.1) is 18.1 Å². The van der Waals surface area contributed by atoms with Crippen LogP contribution >= 0.6 is 0 Å². The Morgan fingerprint density at radius 2 is 1.83 bits per heavy atom. The molecule has 4 aromatic rings. The van der Waals surface area contributed by atoms with Gasteiger partial charge in [0, 0.05) is 48.7 Å². The number of aromatic nitrogens is 3. The van der Waals surface area contributed by atoms with Gasteiger partial charge in [-0.05, 0) is 42.3 Å². The molecule has 1 fully saturated rings. The molecule has 0 amide bonds. The third-order valence-electron chi connectivity index (χ3n) is 6.49. The van der Waals surface area contributed by atoms with Crippen molar-refractivity contribution in [3.05, 3.63) is 71.9 Å². The molecule has 35 heavy (non-hydrogen) atoms. The summed E-state index contributed by atoms with van der Waals surface area (Å²) >= 11 is 0. The van der Waals surface area contributed by atoms with Crippen molar-refractivity contribution in [1.82, 2.24) is 19.4 Å². The summed E-state index contributed by atoms with van der Waals surface area (Å²) in [5.41, 5.74) is 8.70. The molecule has 0 radical (unpaired) electrons. The molecule has 1 atom stereocenters. The van der Waals surface area contributed by atoms with Crippen LogP contribution in [0.25, 0.3) is 22.2 Å². The fourth-order valence-corrected chi connectivity index (χ4v) is 4.96. The molecule has 1 unspecified atom stereocenters. The number of fused-ring (bicyclic) bond motifs is 1. The maximum absolute atomic E-state index is 15.5. The van der Waals surface area contributed by atoms with Crippen molar-refractivity contribution in [2.45, 2.75) is 19.9 Å². The van der Waals surface area contributed by atoms with E-state index < -0.39 is 17.5 Å². The molecule has 0 spiro atoms. The number of rotatable bonds is 5. The number of nitrogens with zero attached hydrogens (tertiary/aromatic N) is 5. The highest BCUT2D eigenvalue weighted by molar-refractivity contribution is 6.00. The minimum absolute atomic E-state index is 0.290. The zero-order valence-electron chi connectivity index (χ0n) is 19.8. The largest absolute Gasteiger partial charge is 0.383 e. The van der Waals surface area contributed by atoms with Crippen molar-refractivity contribution >= 4 is 22.5 Å². The summed E-state index contributed by atoms with van der Waals surface area (Å²) in [5.74, 6) is -0.707. The average Bonchev–Trinajstić information content (AvgIpc) is 3.37. The highest BCUT2D eigenvalue weighted by atomic mass is 19.1. The lowest BCUT2D eigenvalue weighted by atomic mass is 10.0. The van der Waals surface area contributed by atoms with Crippen LogP contribution in [0.2, 0.25) is 0 Å². The van der Waals surface area contributed by atoms with E-state index in [4.69, 9.17) is 5.73 Å². The van der Waals surface area contributed by atoms with Gasteiger partial charge in [0.1, 0.15) is 35.2 Å². The predicted molar refractivity (Wildman–Crippen MR) is 131 cm³/mol. The standard InChI is InChI=1S/C26H27F3N6/c1-15(2)10-35-14-34(12-23(35)19-8-16(27)4-7-21(19)28)17-5-6-18(22(29)9-17)20-11-33(3)26-24(20)25(30)31-13-32-26/h4-9,11,13,15,23H,10,12,14H2,1-3H3,(H2,30,31,32). The molecular weight excluding hydrogens is 453 g/mol. The number of nitrogen functional groups attached to an aromatic ring is 1. The first-order valence-corrected chi connectivity index (χ1v) is 11.5. The van der Waals surface area contributed by atoms with E-state index in [0.29, 0.717) is 59.1 Å². The molecule has 2 N–H and O–H groups in total. The van der Waals surface area contributed by atoms with Crippen molar-refractivity contribution in [2.75, 3.05) is 30.4 Å². The third kappa shape index (κ3) is 4.20. The Labute approximate surface area is 201 Å². The van der Waals surface area contributed by atoms with Gasteiger partial charge in [0.15, 0.2) is 0 Å². The molecule has 0 aliphatic carbocycles. The predicted octanol–water partition coefficient (Wildman–Crippen LogP) is 5.11. The van der Waals surface area contributed by atoms with Crippen LogP contribution < -0.4 is 10.6 Å². The lowest BCUT2D eigenvalue weighted by Gasteiger charge is -2.25. The second-order valence-corrected chi connectivity index (χ2v) is 9.49. The number of hydrogen-bond acceptors (Lipinski definition) is 5. The van der Waals surface area contributed by atoms with Gasteiger partial charge in [-0.15, -0.1) is 0 Å². The van der Waals surface area contributed by atoms with E-state index >= 15 is 4.39 Å². The van der Waals surface area contributed by atoms with E-state index in [1.54, 1.807) is 16.8 Å². The van der Waals surface area contributed by atoms with Crippen LogP contribution in [0.15, 0.2) is 48.9 Å². The van der Waals surface area contributed by atoms with Gasteiger partial charge in [-0.2, -0.15) is 0 Å². The minimum atomic E-state index is -0.474. The van der Waals surface area contributed by atoms with E-state index in [9.17, 15) is 8.78 Å². The molecule has 182 valence electrons. The average molecular weight is 481 g/mol. The molecule has 3 heterocycles. The Morgan fingerprint density at radius 1 is 1.03 bits per heavy atom. The van der Waals surface area contributed by atoms with Crippen LogP contribution in [0.5, 0.6) is 0 Å². The maximum atomic E-state index is 15.5. The summed E-state index contributed by atoms with van der Waals surface area (Å²) in [4.78, 5) is 12.4. The SMILES string of the molecule is CC(C)CN1CN(c2ccc(-c3cn(C)c4ncnc(N)c34)c(F)c2)CC1c1cc(F)ccc1F. The van der Waals surface area contributed by atoms with Gasteiger partial charge in [-0.3, -0.25) is 4.90 Å². The molecule has 6 nitrogen and oxygen atoms in total. The van der Waals surface area contributed by atoms with Crippen molar-refractivity contribution in [3.63, 3.8) is 0 Å². The summed E-state index contributed by atoms with van der Waals surface area (Å²) < 4.78 is 45.8. The molecular formula is C26H27F3N6. The van der Waals surface area contributed by atoms with Gasteiger partial charge in [-0.1, -0.05) is 13.8 Å². The fraction of sp³-hybridized carbons (Fsp3) is 0.308. The lowest BCUT2D eigenvalue weighted by molar-refractivity contribution is 0.230. The first kappa shape index (κ1) is 23.2. The second kappa shape index (κ2) is 8.88. The van der Waals surface area contributed by atoms with E-state index in [2.05, 4.69) is 28.7 Å². The molecule has 2 aromatic carbocycles. The van der Waals surface area contributed by atoms with Gasteiger partial charge < -0.3 is 15.2 Å². The number of anilines is 2. The number of aryl methyl sites for hydroxylation is 1. The number of hydrogen-bond donors (Lipinski definition) is 1. The Balaban J connectivity index is 1.49. The van der Waals surface area contributed by atoms with Crippen molar-refractivity contribution in [2.24, 2.45) is 13.0 Å². The molecule has 1 aliphatic rings. The fourth-order valence-electron chi connectivity index (χ4n) is 4.96. The van der Waals surface area contributed by atoms with E-state index in [0.717, 1.165) is 12.1 Å². The third-order valence-corrected chi connectivity index (χ3v) is 6.49. The molecule has 0 saturated carbocycles. The second-order valence-electron chi connectivity index (χ2n) is 9.49. The Morgan fingerprint density at radius 3 is 2.57 bits per heavy atom. The van der Waals surface area contributed by atoms with Gasteiger partial charge in [0.2, 0.25) is 0 Å². The lowest BCUT2D eigenvalue weighted by Crippen LogP contribution is -2.30. The first-order chi connectivity index (χ1) is 16.7. The quantitative estimate of drug-likeness (QED) is 0.430. The smallest absolute Gasteiger partial charge is 0.145 e. The highest BCUT2D eigenvalue weighted by Crippen LogP contribution is 2.37. The van der Waals surface area contributed by atoms with Crippen molar-refractivity contribution in [1.29, 1.82) is 0 Å². The molecule has 1 saturated heterocycles. The van der Waals surface area contributed by atoms with Crippen LogP contribution in [-0.2, 0) is 7.05 Å². The summed E-state index contributed by atoms with van der Waals surface area (Å²) in [7, 11) is 1.82. The molecule has 2 aromatic heterocycles. The number of halogens is 3. The van der Waals surface area contributed by atoms with E-state index in [-0.39, 0.29) is 11.9 Å². The maximum Gasteiger partial charge on any atom is 0.145 e. The van der Waals surface area contributed by atoms with Gasteiger partial charge >= 0.3 is 0 Å². The molecule has 1 aliphatic heterocycles. The summed E-state index contributed by atoms with van der Waals surface area (Å²) in [6, 6.07) is 8.24. The summed E-state index contributed by atoms with van der Waals surface area (Å²) in [5, 5.41) is 0.604. The van der Waals surface area contributed by atoms with Crippen LogP contribution in [-0.4, -0.2) is 39.2 Å². The topological polar surface area (TPSA) is 63.2 Å². The molecule has 5 rings (SSSR count). The van der Waals surface area contributed by atoms with Crippen molar-refractivity contribution in [3.8, 4) is 11.1 Å². The summed E-state index contributed by atoms with van der Waals surface area (Å²) in [6.07, 6.45) is 3.17. The molecule has 0 bridgehead atoms. The number of benzene rings is 2. The first-order valence-electron chi connectivity index (χ1n) is 11.5. The zero-order chi connectivity index (χ0) is 24.9. The highest BCUT2D eigenvalue weighted by Gasteiger charge is 2.34. The Bertz CT molecular complexity index is 1400. The Hall–Kier alpha value is -3.59. The number of nitrogens with two attached hydrogens (primary N) is 1. The monoisotopic (exact) mass is 480 g/mol. The van der Waals surface area contributed by atoms with Gasteiger partial charge in [-0.25, -0.2) is 23.1 Å². The van der Waals surface area contributed by atoms with E-state index in [1.807, 2.05) is 18.0 Å². The van der Waals surface area contributed by atoms with Crippen molar-refractivity contribution < 1.29 is 13.2 Å².